The standard InChI is InChI=1S/C13H25NO4/c1-10(9-11(15)16)7-5-6-8-14-12(17)18-13(2,3)4/h10H,5-9H2,1-4H3,(H,14,17)(H,15,16)/t10-/m1/s1. The monoisotopic (exact) mass is 259 g/mol. The topological polar surface area (TPSA) is 75.6 Å². The molecule has 0 aromatic rings. The van der Waals surface area contributed by atoms with E-state index in [-0.39, 0.29) is 12.3 Å². The minimum Gasteiger partial charge on any atom is -0.481 e. The number of hydrogen-bond donors (Lipinski definition) is 2. The summed E-state index contributed by atoms with van der Waals surface area (Å²) in [6.07, 6.45) is 2.41. The fourth-order valence-corrected chi connectivity index (χ4v) is 1.52. The van der Waals surface area contributed by atoms with E-state index in [0.29, 0.717) is 6.54 Å². The summed E-state index contributed by atoms with van der Waals surface area (Å²) in [6.45, 7) is 7.95. The summed E-state index contributed by atoms with van der Waals surface area (Å²) in [4.78, 5) is 21.7. The zero-order chi connectivity index (χ0) is 14.2. The van der Waals surface area contributed by atoms with Gasteiger partial charge in [-0.15, -0.1) is 0 Å². The van der Waals surface area contributed by atoms with Gasteiger partial charge in [0.05, 0.1) is 0 Å². The van der Waals surface area contributed by atoms with Crippen LogP contribution in [-0.2, 0) is 9.53 Å². The average Bonchev–Trinajstić information content (AvgIpc) is 2.12. The third kappa shape index (κ3) is 11.2. The van der Waals surface area contributed by atoms with Crippen molar-refractivity contribution in [1.82, 2.24) is 5.32 Å². The van der Waals surface area contributed by atoms with E-state index in [4.69, 9.17) is 9.84 Å². The van der Waals surface area contributed by atoms with Crippen LogP contribution in [0.1, 0.15) is 53.4 Å². The Morgan fingerprint density at radius 3 is 2.39 bits per heavy atom. The fraction of sp³-hybridized carbons (Fsp3) is 0.846. The summed E-state index contributed by atoms with van der Waals surface area (Å²) in [5, 5.41) is 11.3. The Hall–Kier alpha value is -1.26. The van der Waals surface area contributed by atoms with Gasteiger partial charge in [0, 0.05) is 13.0 Å². The van der Waals surface area contributed by atoms with Gasteiger partial charge in [0.15, 0.2) is 0 Å². The minimum atomic E-state index is -0.755. The average molecular weight is 259 g/mol. The number of carboxylic acids is 1. The maximum Gasteiger partial charge on any atom is 0.407 e. The lowest BCUT2D eigenvalue weighted by Gasteiger charge is -2.19. The van der Waals surface area contributed by atoms with Crippen LogP contribution in [0.4, 0.5) is 4.79 Å². The third-order valence-corrected chi connectivity index (χ3v) is 2.32. The van der Waals surface area contributed by atoms with Crippen molar-refractivity contribution in [3.8, 4) is 0 Å². The molecule has 0 heterocycles. The summed E-state index contributed by atoms with van der Waals surface area (Å²) in [5.41, 5.74) is -0.472. The van der Waals surface area contributed by atoms with Crippen molar-refractivity contribution in [3.63, 3.8) is 0 Å². The molecule has 0 spiro atoms. The van der Waals surface area contributed by atoms with Gasteiger partial charge in [-0.1, -0.05) is 19.8 Å². The second-order valence-corrected chi connectivity index (χ2v) is 5.63. The van der Waals surface area contributed by atoms with Crippen molar-refractivity contribution in [2.75, 3.05) is 6.54 Å². The number of ether oxygens (including phenoxy) is 1. The Morgan fingerprint density at radius 2 is 1.89 bits per heavy atom. The molecule has 0 radical (unpaired) electrons. The van der Waals surface area contributed by atoms with Gasteiger partial charge in [-0.25, -0.2) is 4.79 Å². The number of rotatable bonds is 7. The number of hydrogen-bond acceptors (Lipinski definition) is 3. The number of aliphatic carboxylic acids is 1. The fourth-order valence-electron chi connectivity index (χ4n) is 1.52. The minimum absolute atomic E-state index is 0.184. The number of nitrogens with one attached hydrogen (secondary N) is 1. The lowest BCUT2D eigenvalue weighted by Crippen LogP contribution is -2.33. The highest BCUT2D eigenvalue weighted by atomic mass is 16.6. The summed E-state index contributed by atoms with van der Waals surface area (Å²) in [6, 6.07) is 0. The second kappa shape index (κ2) is 7.95. The molecular formula is C13H25NO4. The Kier molecular flexibility index (Phi) is 7.39. The number of carbonyl (C=O) groups is 2. The third-order valence-electron chi connectivity index (χ3n) is 2.32. The van der Waals surface area contributed by atoms with E-state index in [1.807, 2.05) is 27.7 Å². The maximum atomic E-state index is 11.3. The van der Waals surface area contributed by atoms with E-state index in [1.165, 1.54) is 0 Å². The number of unbranched alkanes of at least 4 members (excludes halogenated alkanes) is 1. The summed E-state index contributed by atoms with van der Waals surface area (Å²) >= 11 is 0. The van der Waals surface area contributed by atoms with E-state index in [9.17, 15) is 9.59 Å². The molecule has 5 heteroatoms. The Balaban J connectivity index is 3.51. The molecule has 5 nitrogen and oxygen atoms in total. The molecule has 106 valence electrons. The van der Waals surface area contributed by atoms with Crippen molar-refractivity contribution in [3.05, 3.63) is 0 Å². The highest BCUT2D eigenvalue weighted by molar-refractivity contribution is 5.67. The Labute approximate surface area is 109 Å². The quantitative estimate of drug-likeness (QED) is 0.689. The summed E-state index contributed by atoms with van der Waals surface area (Å²) < 4.78 is 5.09. The molecule has 0 fully saturated rings. The predicted octanol–water partition coefficient (Wildman–Crippen LogP) is 2.79. The van der Waals surface area contributed by atoms with E-state index in [1.54, 1.807) is 0 Å². The van der Waals surface area contributed by atoms with Gasteiger partial charge in [-0.05, 0) is 33.1 Å². The molecule has 1 amide bonds. The van der Waals surface area contributed by atoms with Gasteiger partial charge in [-0.3, -0.25) is 4.79 Å². The lowest BCUT2D eigenvalue weighted by atomic mass is 10.0. The van der Waals surface area contributed by atoms with Gasteiger partial charge < -0.3 is 15.2 Å². The highest BCUT2D eigenvalue weighted by Crippen LogP contribution is 2.11. The molecule has 0 bridgehead atoms. The smallest absolute Gasteiger partial charge is 0.407 e. The molecule has 0 saturated heterocycles. The van der Waals surface area contributed by atoms with E-state index >= 15 is 0 Å². The van der Waals surface area contributed by atoms with Crippen LogP contribution in [0.3, 0.4) is 0 Å². The SMILES string of the molecule is C[C@H](CCCCNC(=O)OC(C)(C)C)CC(=O)O. The molecule has 18 heavy (non-hydrogen) atoms. The van der Waals surface area contributed by atoms with Crippen molar-refractivity contribution in [1.29, 1.82) is 0 Å². The van der Waals surface area contributed by atoms with Crippen molar-refractivity contribution >= 4 is 12.1 Å². The largest absolute Gasteiger partial charge is 0.481 e. The van der Waals surface area contributed by atoms with Gasteiger partial charge in [0.25, 0.3) is 0 Å². The van der Waals surface area contributed by atoms with Crippen LogP contribution in [0.5, 0.6) is 0 Å². The van der Waals surface area contributed by atoms with E-state index in [0.717, 1.165) is 19.3 Å². The Bertz CT molecular complexity index is 271. The highest BCUT2D eigenvalue weighted by Gasteiger charge is 2.15. The molecule has 0 saturated carbocycles. The molecule has 0 aliphatic carbocycles. The first-order chi connectivity index (χ1) is 8.20. The molecule has 0 aliphatic heterocycles. The van der Waals surface area contributed by atoms with Crippen molar-refractivity contribution in [2.24, 2.45) is 5.92 Å². The molecule has 1 atom stereocenters. The van der Waals surface area contributed by atoms with Crippen LogP contribution in [0.15, 0.2) is 0 Å². The van der Waals surface area contributed by atoms with Gasteiger partial charge in [-0.2, -0.15) is 0 Å². The predicted molar refractivity (Wildman–Crippen MR) is 69.5 cm³/mol. The zero-order valence-electron chi connectivity index (χ0n) is 11.8. The molecule has 0 rings (SSSR count). The second-order valence-electron chi connectivity index (χ2n) is 5.63. The van der Waals surface area contributed by atoms with Crippen LogP contribution >= 0.6 is 0 Å². The lowest BCUT2D eigenvalue weighted by molar-refractivity contribution is -0.138. The molecular weight excluding hydrogens is 234 g/mol. The number of alkyl carbamates (subject to hydrolysis) is 1. The van der Waals surface area contributed by atoms with Crippen molar-refractivity contribution < 1.29 is 19.4 Å². The van der Waals surface area contributed by atoms with Gasteiger partial charge >= 0.3 is 12.1 Å². The molecule has 2 N–H and O–H groups in total. The van der Waals surface area contributed by atoms with Crippen LogP contribution in [0.2, 0.25) is 0 Å². The van der Waals surface area contributed by atoms with Crippen LogP contribution in [0.25, 0.3) is 0 Å². The first kappa shape index (κ1) is 16.7. The van der Waals surface area contributed by atoms with Gasteiger partial charge in [0.1, 0.15) is 5.60 Å². The van der Waals surface area contributed by atoms with Crippen LogP contribution in [-0.4, -0.2) is 29.3 Å². The molecule has 0 aromatic carbocycles. The molecule has 0 aliphatic rings. The first-order valence-electron chi connectivity index (χ1n) is 6.39. The van der Waals surface area contributed by atoms with Gasteiger partial charge in [0.2, 0.25) is 0 Å². The number of carbonyl (C=O) groups excluding carboxylic acids is 1. The van der Waals surface area contributed by atoms with Crippen molar-refractivity contribution in [2.45, 2.75) is 59.0 Å². The first-order valence-corrected chi connectivity index (χ1v) is 6.39. The number of carboxylic acid groups (broad SMARTS) is 1. The van der Waals surface area contributed by atoms with E-state index in [2.05, 4.69) is 5.32 Å². The normalized spacial score (nSPS) is 12.9. The van der Waals surface area contributed by atoms with E-state index < -0.39 is 17.7 Å². The Morgan fingerprint density at radius 1 is 1.28 bits per heavy atom. The molecule has 0 aromatic heterocycles. The summed E-state index contributed by atoms with van der Waals surface area (Å²) in [5.74, 6) is -0.571. The summed E-state index contributed by atoms with van der Waals surface area (Å²) in [7, 11) is 0. The zero-order valence-corrected chi connectivity index (χ0v) is 11.8. The molecule has 0 unspecified atom stereocenters. The maximum absolute atomic E-state index is 11.3. The number of amides is 1. The van der Waals surface area contributed by atoms with Crippen LogP contribution < -0.4 is 5.32 Å². The van der Waals surface area contributed by atoms with Crippen LogP contribution in [0, 0.1) is 5.92 Å².